The van der Waals surface area contributed by atoms with Gasteiger partial charge >= 0.3 is 0 Å². The fourth-order valence-electron chi connectivity index (χ4n) is 7.29. The molecule has 3 heterocycles. The van der Waals surface area contributed by atoms with Crippen LogP contribution in [0.3, 0.4) is 0 Å². The summed E-state index contributed by atoms with van der Waals surface area (Å²) >= 11 is 0. The highest BCUT2D eigenvalue weighted by molar-refractivity contribution is 6.12. The van der Waals surface area contributed by atoms with E-state index >= 15 is 0 Å². The van der Waals surface area contributed by atoms with Crippen LogP contribution in [0.1, 0.15) is 27.7 Å². The van der Waals surface area contributed by atoms with Crippen molar-refractivity contribution in [3.63, 3.8) is 0 Å². The summed E-state index contributed by atoms with van der Waals surface area (Å²) in [7, 11) is 0. The van der Waals surface area contributed by atoms with Crippen LogP contribution in [0.25, 0.3) is 88.1 Å². The standard InChI is InChI=1S/C42H26N2O.2C2H6/c1-2-10-29(11-3-1)43-39-17-9-6-14-33(39)34-24-27(18-21-40(34)43)28-19-22-41-35(25-28)36-26-30(20-23-42(36)45-41)44-37-15-7-4-12-31(37)32-13-5-8-16-38(32)44;2*1-2/h1-26H;2*1-2H3. The molecule has 3 heteroatoms. The molecule has 0 spiro atoms. The lowest BCUT2D eigenvalue weighted by Crippen LogP contribution is -1.93. The quantitative estimate of drug-likeness (QED) is 0.190. The van der Waals surface area contributed by atoms with Gasteiger partial charge in [0.05, 0.1) is 22.1 Å². The fourth-order valence-corrected chi connectivity index (χ4v) is 7.29. The highest BCUT2D eigenvalue weighted by Crippen LogP contribution is 2.39. The van der Waals surface area contributed by atoms with Gasteiger partial charge in [-0.3, -0.25) is 0 Å². The zero-order chi connectivity index (χ0) is 33.5. The van der Waals surface area contributed by atoms with Crippen molar-refractivity contribution in [2.24, 2.45) is 0 Å². The molecule has 0 aliphatic rings. The Kier molecular flexibility index (Phi) is 7.74. The lowest BCUT2D eigenvalue weighted by Gasteiger charge is -2.08. The number of hydrogen-bond donors (Lipinski definition) is 0. The van der Waals surface area contributed by atoms with Crippen LogP contribution in [0.2, 0.25) is 0 Å². The second-order valence-electron chi connectivity index (χ2n) is 11.8. The maximum atomic E-state index is 6.36. The summed E-state index contributed by atoms with van der Waals surface area (Å²) in [6.07, 6.45) is 0. The first-order valence-corrected chi connectivity index (χ1v) is 17.4. The van der Waals surface area contributed by atoms with Crippen LogP contribution in [0, 0.1) is 0 Å². The second kappa shape index (κ2) is 12.5. The van der Waals surface area contributed by atoms with Crippen LogP contribution >= 0.6 is 0 Å². The second-order valence-corrected chi connectivity index (χ2v) is 11.8. The zero-order valence-corrected chi connectivity index (χ0v) is 28.3. The van der Waals surface area contributed by atoms with Gasteiger partial charge in [-0.05, 0) is 83.9 Å². The first kappa shape index (κ1) is 30.3. The third kappa shape index (κ3) is 4.81. The zero-order valence-electron chi connectivity index (χ0n) is 28.3. The smallest absolute Gasteiger partial charge is 0.135 e. The van der Waals surface area contributed by atoms with Crippen LogP contribution in [-0.2, 0) is 0 Å². The largest absolute Gasteiger partial charge is 0.456 e. The van der Waals surface area contributed by atoms with Crippen LogP contribution < -0.4 is 0 Å². The number of rotatable bonds is 3. The molecule has 10 rings (SSSR count). The van der Waals surface area contributed by atoms with Crippen molar-refractivity contribution in [2.45, 2.75) is 27.7 Å². The number of nitrogens with zero attached hydrogens (tertiary/aromatic N) is 2. The van der Waals surface area contributed by atoms with Gasteiger partial charge in [-0.2, -0.15) is 0 Å². The van der Waals surface area contributed by atoms with E-state index in [4.69, 9.17) is 4.42 Å². The van der Waals surface area contributed by atoms with Crippen molar-refractivity contribution < 1.29 is 4.42 Å². The summed E-state index contributed by atoms with van der Waals surface area (Å²) in [6, 6.07) is 56.5. The van der Waals surface area contributed by atoms with Crippen LogP contribution in [0.5, 0.6) is 0 Å². The fraction of sp³-hybridized carbons (Fsp3) is 0.0870. The van der Waals surface area contributed by atoms with Crippen molar-refractivity contribution in [3.05, 3.63) is 158 Å². The first-order chi connectivity index (χ1) is 24.3. The van der Waals surface area contributed by atoms with E-state index in [1.807, 2.05) is 27.7 Å². The van der Waals surface area contributed by atoms with Crippen molar-refractivity contribution in [1.29, 1.82) is 0 Å². The molecular weight excluding hydrogens is 597 g/mol. The minimum absolute atomic E-state index is 0.896. The summed E-state index contributed by atoms with van der Waals surface area (Å²) in [5, 5.41) is 7.26. The monoisotopic (exact) mass is 634 g/mol. The molecule has 0 aliphatic carbocycles. The topological polar surface area (TPSA) is 23.0 Å². The molecule has 3 nitrogen and oxygen atoms in total. The molecule has 238 valence electrons. The van der Waals surface area contributed by atoms with Gasteiger partial charge < -0.3 is 13.6 Å². The van der Waals surface area contributed by atoms with E-state index in [9.17, 15) is 0 Å². The number of aromatic nitrogens is 2. The van der Waals surface area contributed by atoms with Crippen LogP contribution in [0.15, 0.2) is 162 Å². The van der Waals surface area contributed by atoms with E-state index in [0.29, 0.717) is 0 Å². The van der Waals surface area contributed by atoms with E-state index in [1.54, 1.807) is 0 Å². The highest BCUT2D eigenvalue weighted by atomic mass is 16.3. The normalized spacial score (nSPS) is 11.3. The third-order valence-corrected chi connectivity index (χ3v) is 9.31. The number of benzene rings is 7. The number of furan rings is 1. The Morgan fingerprint density at radius 2 is 0.755 bits per heavy atom. The lowest BCUT2D eigenvalue weighted by molar-refractivity contribution is 0.669. The lowest BCUT2D eigenvalue weighted by atomic mass is 10.0. The Bertz CT molecular complexity index is 2710. The summed E-state index contributed by atoms with van der Waals surface area (Å²) in [6.45, 7) is 8.00. The molecule has 0 radical (unpaired) electrons. The molecule has 0 atom stereocenters. The average Bonchev–Trinajstić information content (AvgIpc) is 3.83. The van der Waals surface area contributed by atoms with Gasteiger partial charge in [-0.25, -0.2) is 0 Å². The molecule has 3 aromatic heterocycles. The Labute approximate surface area is 286 Å². The number of para-hydroxylation sites is 4. The van der Waals surface area contributed by atoms with Gasteiger partial charge in [0.2, 0.25) is 0 Å². The summed E-state index contributed by atoms with van der Waals surface area (Å²) in [5.74, 6) is 0. The predicted molar refractivity (Wildman–Crippen MR) is 211 cm³/mol. The summed E-state index contributed by atoms with van der Waals surface area (Å²) < 4.78 is 11.1. The molecular formula is C46H38N2O. The van der Waals surface area contributed by atoms with E-state index in [2.05, 4.69) is 167 Å². The molecule has 0 saturated heterocycles. The maximum Gasteiger partial charge on any atom is 0.135 e. The molecule has 0 amide bonds. The van der Waals surface area contributed by atoms with Gasteiger partial charge in [0.1, 0.15) is 11.2 Å². The van der Waals surface area contributed by atoms with Crippen molar-refractivity contribution in [3.8, 4) is 22.5 Å². The average molecular weight is 635 g/mol. The van der Waals surface area contributed by atoms with E-state index in [1.165, 1.54) is 60.4 Å². The van der Waals surface area contributed by atoms with E-state index < -0.39 is 0 Å². The Balaban J connectivity index is 0.000000843. The van der Waals surface area contributed by atoms with Crippen molar-refractivity contribution in [2.75, 3.05) is 0 Å². The minimum atomic E-state index is 0.896. The summed E-state index contributed by atoms with van der Waals surface area (Å²) in [5.41, 5.74) is 11.3. The van der Waals surface area contributed by atoms with Gasteiger partial charge in [-0.1, -0.05) is 113 Å². The van der Waals surface area contributed by atoms with E-state index in [0.717, 1.165) is 27.6 Å². The van der Waals surface area contributed by atoms with Crippen LogP contribution in [0.4, 0.5) is 0 Å². The van der Waals surface area contributed by atoms with Crippen molar-refractivity contribution in [1.82, 2.24) is 9.13 Å². The first-order valence-electron chi connectivity index (χ1n) is 17.4. The molecule has 0 unspecified atom stereocenters. The Morgan fingerprint density at radius 1 is 0.327 bits per heavy atom. The van der Waals surface area contributed by atoms with E-state index in [-0.39, 0.29) is 0 Å². The van der Waals surface area contributed by atoms with Gasteiger partial charge in [0.15, 0.2) is 0 Å². The Morgan fingerprint density at radius 3 is 1.37 bits per heavy atom. The molecule has 10 aromatic rings. The molecule has 7 aromatic carbocycles. The van der Waals surface area contributed by atoms with Crippen LogP contribution in [-0.4, -0.2) is 9.13 Å². The molecule has 49 heavy (non-hydrogen) atoms. The minimum Gasteiger partial charge on any atom is -0.456 e. The number of fused-ring (bicyclic) bond motifs is 9. The van der Waals surface area contributed by atoms with Gasteiger partial charge in [-0.15, -0.1) is 0 Å². The Hall–Kier alpha value is -6.06. The highest BCUT2D eigenvalue weighted by Gasteiger charge is 2.16. The molecule has 0 N–H and O–H groups in total. The molecule has 0 bridgehead atoms. The maximum absolute atomic E-state index is 6.36. The van der Waals surface area contributed by atoms with Crippen molar-refractivity contribution >= 4 is 65.6 Å². The molecule has 0 saturated carbocycles. The SMILES string of the molecule is CC.CC.c1ccc(-n2c3ccccc3c3cc(-c4ccc5oc6ccc(-n7c8ccccc8c8ccccc87)cc6c5c4)ccc32)cc1. The number of hydrogen-bond acceptors (Lipinski definition) is 1. The predicted octanol–water partition coefficient (Wildman–Crippen LogP) is 13.5. The van der Waals surface area contributed by atoms with Gasteiger partial charge in [0.25, 0.3) is 0 Å². The molecule has 0 fully saturated rings. The molecule has 0 aliphatic heterocycles. The van der Waals surface area contributed by atoms with Gasteiger partial charge in [0, 0.05) is 43.7 Å². The summed E-state index contributed by atoms with van der Waals surface area (Å²) in [4.78, 5) is 0. The third-order valence-electron chi connectivity index (χ3n) is 9.31.